The van der Waals surface area contributed by atoms with E-state index >= 15 is 0 Å². The van der Waals surface area contributed by atoms with Crippen molar-refractivity contribution < 1.29 is 9.90 Å². The third kappa shape index (κ3) is 2.32. The lowest BCUT2D eigenvalue weighted by Crippen LogP contribution is -2.31. The van der Waals surface area contributed by atoms with Gasteiger partial charge >= 0.3 is 5.97 Å². The summed E-state index contributed by atoms with van der Waals surface area (Å²) in [6.07, 6.45) is 6.16. The summed E-state index contributed by atoms with van der Waals surface area (Å²) < 4.78 is 1.98. The molecule has 0 bridgehead atoms. The number of nitrogens with zero attached hydrogens (tertiary/aromatic N) is 3. The van der Waals surface area contributed by atoms with Gasteiger partial charge in [0.1, 0.15) is 0 Å². The summed E-state index contributed by atoms with van der Waals surface area (Å²) >= 11 is 1.59. The summed E-state index contributed by atoms with van der Waals surface area (Å²) in [5.74, 6) is -0.766. The number of carbonyl (C=O) groups is 1. The van der Waals surface area contributed by atoms with Crippen molar-refractivity contribution in [2.75, 3.05) is 6.54 Å². The van der Waals surface area contributed by atoms with Crippen LogP contribution in [-0.2, 0) is 11.3 Å². The van der Waals surface area contributed by atoms with Crippen molar-refractivity contribution in [1.82, 2.24) is 14.3 Å². The second-order valence-corrected chi connectivity index (χ2v) is 5.23. The molecule has 6 heteroatoms. The molecule has 0 spiro atoms. The molecule has 0 saturated heterocycles. The fraction of sp³-hybridized carbons (Fsp3) is 0.455. The highest BCUT2D eigenvalue weighted by Gasteiger charge is 2.30. The van der Waals surface area contributed by atoms with E-state index in [1.807, 2.05) is 27.1 Å². The highest BCUT2D eigenvalue weighted by atomic mass is 32.1. The number of aliphatic carboxylic acids is 1. The third-order valence-corrected chi connectivity index (χ3v) is 3.68. The Bertz CT molecular complexity index is 515. The average Bonchev–Trinajstić information content (AvgIpc) is 2.90. The first kappa shape index (κ1) is 10.7. The van der Waals surface area contributed by atoms with Crippen molar-refractivity contribution in [3.63, 3.8) is 0 Å². The maximum atomic E-state index is 10.8. The molecule has 0 amide bonds. The Balaban J connectivity index is 1.75. The van der Waals surface area contributed by atoms with E-state index in [0.29, 0.717) is 12.6 Å². The number of aromatic nitrogens is 2. The van der Waals surface area contributed by atoms with Crippen LogP contribution in [0.4, 0.5) is 0 Å². The molecule has 0 aromatic carbocycles. The minimum atomic E-state index is -0.766. The summed E-state index contributed by atoms with van der Waals surface area (Å²) in [4.78, 5) is 18.2. The Morgan fingerprint density at radius 1 is 1.65 bits per heavy atom. The molecule has 1 saturated carbocycles. The van der Waals surface area contributed by atoms with E-state index < -0.39 is 5.97 Å². The van der Waals surface area contributed by atoms with Gasteiger partial charge < -0.3 is 5.11 Å². The van der Waals surface area contributed by atoms with Crippen LogP contribution in [0.25, 0.3) is 4.96 Å². The van der Waals surface area contributed by atoms with Crippen LogP contribution in [0.3, 0.4) is 0 Å². The third-order valence-electron chi connectivity index (χ3n) is 2.91. The van der Waals surface area contributed by atoms with Crippen molar-refractivity contribution in [3.8, 4) is 0 Å². The first-order valence-corrected chi connectivity index (χ1v) is 6.47. The largest absolute Gasteiger partial charge is 0.480 e. The van der Waals surface area contributed by atoms with Gasteiger partial charge in [-0.25, -0.2) is 4.98 Å². The predicted octanol–water partition coefficient (Wildman–Crippen LogP) is 1.44. The molecule has 1 aliphatic carbocycles. The normalized spacial score (nSPS) is 15.8. The maximum absolute atomic E-state index is 10.8. The van der Waals surface area contributed by atoms with Crippen molar-refractivity contribution >= 4 is 22.3 Å². The number of hydrogen-bond donors (Lipinski definition) is 1. The Hall–Kier alpha value is -1.40. The Morgan fingerprint density at radius 3 is 3.12 bits per heavy atom. The molecule has 90 valence electrons. The number of carboxylic acids is 1. The highest BCUT2D eigenvalue weighted by molar-refractivity contribution is 7.15. The van der Waals surface area contributed by atoms with Gasteiger partial charge in [-0.1, -0.05) is 0 Å². The number of imidazole rings is 1. The van der Waals surface area contributed by atoms with Gasteiger partial charge in [-0.2, -0.15) is 0 Å². The average molecular weight is 251 g/mol. The van der Waals surface area contributed by atoms with Gasteiger partial charge in [0, 0.05) is 30.4 Å². The van der Waals surface area contributed by atoms with Gasteiger partial charge in [0.2, 0.25) is 0 Å². The number of carboxylic acid groups (broad SMARTS) is 1. The van der Waals surface area contributed by atoms with Crippen LogP contribution in [-0.4, -0.2) is 37.9 Å². The quantitative estimate of drug-likeness (QED) is 0.873. The monoisotopic (exact) mass is 251 g/mol. The summed E-state index contributed by atoms with van der Waals surface area (Å²) in [5.41, 5.74) is 0.949. The molecule has 17 heavy (non-hydrogen) atoms. The van der Waals surface area contributed by atoms with Crippen LogP contribution in [0, 0.1) is 0 Å². The van der Waals surface area contributed by atoms with Crippen molar-refractivity contribution in [2.45, 2.75) is 25.4 Å². The molecule has 0 unspecified atom stereocenters. The van der Waals surface area contributed by atoms with Crippen molar-refractivity contribution in [3.05, 3.63) is 23.5 Å². The first-order valence-electron chi connectivity index (χ1n) is 5.59. The summed E-state index contributed by atoms with van der Waals surface area (Å²) in [6, 6.07) is 0.436. The minimum absolute atomic E-state index is 0.107. The molecule has 2 heterocycles. The first-order chi connectivity index (χ1) is 8.22. The summed E-state index contributed by atoms with van der Waals surface area (Å²) in [7, 11) is 0. The van der Waals surface area contributed by atoms with Crippen molar-refractivity contribution in [2.24, 2.45) is 0 Å². The standard InChI is InChI=1S/C11H13N3O2S/c15-10(16)7-14(9-1-2-9)6-8-5-13-3-4-17-11(13)12-8/h3-5,9H,1-2,6-7H2,(H,15,16). The van der Waals surface area contributed by atoms with Gasteiger partial charge in [0.15, 0.2) is 4.96 Å². The molecule has 0 aliphatic heterocycles. The number of hydrogen-bond acceptors (Lipinski definition) is 4. The molecule has 5 nitrogen and oxygen atoms in total. The SMILES string of the molecule is O=C(O)CN(Cc1cn2ccsc2n1)C1CC1. The smallest absolute Gasteiger partial charge is 0.317 e. The Morgan fingerprint density at radius 2 is 2.47 bits per heavy atom. The zero-order valence-corrected chi connectivity index (χ0v) is 10.1. The van der Waals surface area contributed by atoms with Crippen molar-refractivity contribution in [1.29, 1.82) is 0 Å². The van der Waals surface area contributed by atoms with Crippen LogP contribution in [0.15, 0.2) is 17.8 Å². The minimum Gasteiger partial charge on any atom is -0.480 e. The zero-order chi connectivity index (χ0) is 11.8. The van der Waals surface area contributed by atoms with Crippen LogP contribution in [0.2, 0.25) is 0 Å². The van der Waals surface area contributed by atoms with Crippen LogP contribution < -0.4 is 0 Å². The van der Waals surface area contributed by atoms with Crippen LogP contribution in [0.5, 0.6) is 0 Å². The molecular weight excluding hydrogens is 238 g/mol. The van der Waals surface area contributed by atoms with E-state index in [0.717, 1.165) is 23.5 Å². The lowest BCUT2D eigenvalue weighted by molar-refractivity contribution is -0.138. The number of fused-ring (bicyclic) bond motifs is 1. The number of thiazole rings is 1. The lowest BCUT2D eigenvalue weighted by atomic mass is 10.4. The topological polar surface area (TPSA) is 57.8 Å². The van der Waals surface area contributed by atoms with Crippen LogP contribution >= 0.6 is 11.3 Å². The van der Waals surface area contributed by atoms with Gasteiger partial charge in [-0.3, -0.25) is 14.1 Å². The Kier molecular flexibility index (Phi) is 2.60. The lowest BCUT2D eigenvalue weighted by Gasteiger charge is -2.17. The molecule has 1 aliphatic rings. The van der Waals surface area contributed by atoms with E-state index in [-0.39, 0.29) is 6.54 Å². The second kappa shape index (κ2) is 4.12. The number of rotatable bonds is 5. The molecule has 1 fully saturated rings. The van der Waals surface area contributed by atoms with E-state index in [9.17, 15) is 4.79 Å². The second-order valence-electron chi connectivity index (χ2n) is 4.35. The van der Waals surface area contributed by atoms with E-state index in [1.54, 1.807) is 11.3 Å². The molecule has 2 aromatic rings. The Labute approximate surface area is 102 Å². The molecule has 2 aromatic heterocycles. The zero-order valence-electron chi connectivity index (χ0n) is 9.24. The fourth-order valence-corrected chi connectivity index (χ4v) is 2.71. The summed E-state index contributed by atoms with van der Waals surface area (Å²) in [6.45, 7) is 0.737. The van der Waals surface area contributed by atoms with Crippen LogP contribution in [0.1, 0.15) is 18.5 Å². The van der Waals surface area contributed by atoms with E-state index in [4.69, 9.17) is 5.11 Å². The molecule has 0 atom stereocenters. The van der Waals surface area contributed by atoms with Gasteiger partial charge in [0.25, 0.3) is 0 Å². The van der Waals surface area contributed by atoms with Gasteiger partial charge in [-0.05, 0) is 12.8 Å². The molecule has 1 N–H and O–H groups in total. The molecule has 0 radical (unpaired) electrons. The fourth-order valence-electron chi connectivity index (χ4n) is 1.99. The highest BCUT2D eigenvalue weighted by Crippen LogP contribution is 2.28. The molecular formula is C11H13N3O2S. The van der Waals surface area contributed by atoms with E-state index in [2.05, 4.69) is 4.98 Å². The van der Waals surface area contributed by atoms with Gasteiger partial charge in [-0.15, -0.1) is 11.3 Å². The predicted molar refractivity (Wildman–Crippen MR) is 64.1 cm³/mol. The van der Waals surface area contributed by atoms with E-state index in [1.165, 1.54) is 0 Å². The van der Waals surface area contributed by atoms with Gasteiger partial charge in [0.05, 0.1) is 12.2 Å². The maximum Gasteiger partial charge on any atom is 0.317 e. The summed E-state index contributed by atoms with van der Waals surface area (Å²) in [5, 5.41) is 10.9. The molecule has 3 rings (SSSR count).